The average Bonchev–Trinajstić information content (AvgIpc) is 3.04. The van der Waals surface area contributed by atoms with Crippen molar-refractivity contribution in [2.45, 2.75) is 19.5 Å². The van der Waals surface area contributed by atoms with Crippen LogP contribution in [0.5, 0.6) is 0 Å². The van der Waals surface area contributed by atoms with Crippen LogP contribution < -0.4 is 10.2 Å². The normalized spacial score (nSPS) is 13.6. The Kier molecular flexibility index (Phi) is 5.40. The van der Waals surface area contributed by atoms with Gasteiger partial charge in [0.2, 0.25) is 0 Å². The van der Waals surface area contributed by atoms with E-state index in [0.29, 0.717) is 13.1 Å². The maximum absolute atomic E-state index is 12.9. The maximum Gasteiger partial charge on any atom is 0.275 e. The van der Waals surface area contributed by atoms with Crippen LogP contribution in [0.25, 0.3) is 10.2 Å². The number of carbonyl (C=O) groups excluding carboxylic acids is 1. The predicted molar refractivity (Wildman–Crippen MR) is 98.0 cm³/mol. The molecule has 0 radical (unpaired) electrons. The first-order valence-corrected chi connectivity index (χ1v) is 9.03. The van der Waals surface area contributed by atoms with Crippen LogP contribution in [-0.2, 0) is 11.3 Å². The Bertz CT molecular complexity index is 829. The van der Waals surface area contributed by atoms with Crippen molar-refractivity contribution in [3.05, 3.63) is 64.9 Å². The molecule has 1 unspecified atom stereocenters. The van der Waals surface area contributed by atoms with E-state index in [1.54, 1.807) is 23.5 Å². The standard InChI is InChI=1S/C19H20FN3OS/c1-13(19-22-16-5-3-4-6-17(16)25-19)23(2)12-18(24)21-11-14-7-9-15(20)10-8-14/h3-10,13H,11-12H2,1-2H3,(H,21,24)/p+1/t13-/m0/s1. The molecule has 0 aliphatic carbocycles. The summed E-state index contributed by atoms with van der Waals surface area (Å²) >= 11 is 1.67. The third kappa shape index (κ3) is 4.41. The largest absolute Gasteiger partial charge is 0.347 e. The number of thiazole rings is 1. The number of quaternary nitrogens is 1. The fourth-order valence-electron chi connectivity index (χ4n) is 2.56. The van der Waals surface area contributed by atoms with Gasteiger partial charge in [0, 0.05) is 6.54 Å². The number of halogens is 1. The van der Waals surface area contributed by atoms with Gasteiger partial charge in [0.15, 0.2) is 11.6 Å². The van der Waals surface area contributed by atoms with Crippen molar-refractivity contribution in [1.29, 1.82) is 0 Å². The average molecular weight is 358 g/mol. The topological polar surface area (TPSA) is 46.4 Å². The summed E-state index contributed by atoms with van der Waals surface area (Å²) in [5.41, 5.74) is 1.88. The predicted octanol–water partition coefficient (Wildman–Crippen LogP) is 2.33. The summed E-state index contributed by atoms with van der Waals surface area (Å²) in [4.78, 5) is 17.9. The molecule has 0 spiro atoms. The molecule has 0 bridgehead atoms. The molecule has 1 aromatic heterocycles. The van der Waals surface area contributed by atoms with Crippen LogP contribution in [-0.4, -0.2) is 24.5 Å². The molecule has 3 aromatic rings. The van der Waals surface area contributed by atoms with Gasteiger partial charge in [-0.2, -0.15) is 0 Å². The van der Waals surface area contributed by atoms with Crippen molar-refractivity contribution >= 4 is 27.5 Å². The van der Waals surface area contributed by atoms with Crippen LogP contribution in [0.15, 0.2) is 48.5 Å². The van der Waals surface area contributed by atoms with Gasteiger partial charge in [0.1, 0.15) is 11.9 Å². The first kappa shape index (κ1) is 17.5. The number of benzene rings is 2. The Hall–Kier alpha value is -2.31. The van der Waals surface area contributed by atoms with Crippen LogP contribution in [0.4, 0.5) is 4.39 Å². The number of likely N-dealkylation sites (N-methyl/N-ethyl adjacent to an activating group) is 1. The number of para-hydroxylation sites is 1. The zero-order chi connectivity index (χ0) is 17.8. The van der Waals surface area contributed by atoms with Crippen LogP contribution >= 0.6 is 11.3 Å². The van der Waals surface area contributed by atoms with Crippen molar-refractivity contribution < 1.29 is 14.1 Å². The van der Waals surface area contributed by atoms with E-state index >= 15 is 0 Å². The molecule has 130 valence electrons. The van der Waals surface area contributed by atoms with Gasteiger partial charge in [-0.15, -0.1) is 11.3 Å². The lowest BCUT2D eigenvalue weighted by Gasteiger charge is -2.19. The zero-order valence-electron chi connectivity index (χ0n) is 14.3. The highest BCUT2D eigenvalue weighted by Crippen LogP contribution is 2.24. The number of nitrogens with zero attached hydrogens (tertiary/aromatic N) is 1. The van der Waals surface area contributed by atoms with E-state index in [9.17, 15) is 9.18 Å². The Morgan fingerprint density at radius 2 is 1.96 bits per heavy atom. The van der Waals surface area contributed by atoms with Crippen molar-refractivity contribution in [1.82, 2.24) is 10.3 Å². The van der Waals surface area contributed by atoms with Crippen molar-refractivity contribution in [3.63, 3.8) is 0 Å². The lowest BCUT2D eigenvalue weighted by Crippen LogP contribution is -3.10. The number of amides is 1. The lowest BCUT2D eigenvalue weighted by molar-refractivity contribution is -0.902. The zero-order valence-corrected chi connectivity index (χ0v) is 15.1. The van der Waals surface area contributed by atoms with Gasteiger partial charge >= 0.3 is 0 Å². The number of rotatable bonds is 6. The summed E-state index contributed by atoms with van der Waals surface area (Å²) in [6.45, 7) is 2.85. The molecular formula is C19H21FN3OS+. The second-order valence-corrected chi connectivity index (χ2v) is 7.23. The summed E-state index contributed by atoms with van der Waals surface area (Å²) in [6.07, 6.45) is 0. The molecule has 1 amide bonds. The molecule has 2 aromatic carbocycles. The SMILES string of the molecule is C[C@@H](c1nc2ccccc2s1)[NH+](C)CC(=O)NCc1ccc(F)cc1. The van der Waals surface area contributed by atoms with Gasteiger partial charge in [-0.3, -0.25) is 4.79 Å². The molecule has 0 aliphatic heterocycles. The van der Waals surface area contributed by atoms with E-state index < -0.39 is 0 Å². The minimum Gasteiger partial charge on any atom is -0.347 e. The maximum atomic E-state index is 12.9. The quantitative estimate of drug-likeness (QED) is 0.710. The van der Waals surface area contributed by atoms with Crippen molar-refractivity contribution in [3.8, 4) is 0 Å². The molecule has 0 saturated heterocycles. The molecule has 2 atom stereocenters. The minimum absolute atomic E-state index is 0.0326. The smallest absolute Gasteiger partial charge is 0.275 e. The lowest BCUT2D eigenvalue weighted by atomic mass is 10.2. The van der Waals surface area contributed by atoms with Gasteiger partial charge in [-0.25, -0.2) is 9.37 Å². The Labute approximate surface area is 150 Å². The number of carbonyl (C=O) groups is 1. The van der Waals surface area contributed by atoms with Crippen molar-refractivity contribution in [2.24, 2.45) is 0 Å². The number of fused-ring (bicyclic) bond motifs is 1. The van der Waals surface area contributed by atoms with Gasteiger partial charge in [0.25, 0.3) is 5.91 Å². The van der Waals surface area contributed by atoms with E-state index in [-0.39, 0.29) is 17.8 Å². The molecule has 0 saturated carbocycles. The molecule has 1 heterocycles. The van der Waals surface area contributed by atoms with E-state index in [1.165, 1.54) is 12.1 Å². The number of aromatic nitrogens is 1. The number of nitrogens with one attached hydrogen (secondary N) is 2. The van der Waals surface area contributed by atoms with E-state index in [4.69, 9.17) is 0 Å². The molecule has 0 fully saturated rings. The monoisotopic (exact) mass is 358 g/mol. The Morgan fingerprint density at radius 3 is 2.68 bits per heavy atom. The first-order chi connectivity index (χ1) is 12.0. The highest BCUT2D eigenvalue weighted by atomic mass is 32.1. The van der Waals surface area contributed by atoms with E-state index in [2.05, 4.69) is 23.3 Å². The molecular weight excluding hydrogens is 337 g/mol. The minimum atomic E-state index is -0.274. The fourth-order valence-corrected chi connectivity index (χ4v) is 3.67. The highest BCUT2D eigenvalue weighted by Gasteiger charge is 2.21. The van der Waals surface area contributed by atoms with Crippen LogP contribution in [0.2, 0.25) is 0 Å². The molecule has 6 heteroatoms. The summed E-state index contributed by atoms with van der Waals surface area (Å²) in [5.74, 6) is -0.307. The highest BCUT2D eigenvalue weighted by molar-refractivity contribution is 7.18. The summed E-state index contributed by atoms with van der Waals surface area (Å²) in [7, 11) is 1.99. The fraction of sp³-hybridized carbons (Fsp3) is 0.263. The molecule has 25 heavy (non-hydrogen) atoms. The third-order valence-corrected chi connectivity index (χ3v) is 5.48. The van der Waals surface area contributed by atoms with Gasteiger partial charge < -0.3 is 10.2 Å². The molecule has 2 N–H and O–H groups in total. The summed E-state index contributed by atoms with van der Waals surface area (Å²) in [6, 6.07) is 14.3. The second kappa shape index (κ2) is 7.72. The van der Waals surface area contributed by atoms with E-state index in [0.717, 1.165) is 25.7 Å². The molecule has 0 aliphatic rings. The van der Waals surface area contributed by atoms with Crippen LogP contribution in [0.3, 0.4) is 0 Å². The number of hydrogen-bond acceptors (Lipinski definition) is 3. The van der Waals surface area contributed by atoms with Gasteiger partial charge in [-0.1, -0.05) is 24.3 Å². The summed E-state index contributed by atoms with van der Waals surface area (Å²) < 4.78 is 14.1. The molecule has 4 nitrogen and oxygen atoms in total. The Morgan fingerprint density at radius 1 is 1.24 bits per heavy atom. The second-order valence-electron chi connectivity index (χ2n) is 6.17. The Balaban J connectivity index is 1.55. The van der Waals surface area contributed by atoms with Gasteiger partial charge in [0.05, 0.1) is 17.3 Å². The third-order valence-electron chi connectivity index (χ3n) is 4.26. The van der Waals surface area contributed by atoms with Crippen molar-refractivity contribution in [2.75, 3.05) is 13.6 Å². The van der Waals surface area contributed by atoms with E-state index in [1.807, 2.05) is 25.2 Å². The molecule has 3 rings (SSSR count). The number of hydrogen-bond donors (Lipinski definition) is 2. The first-order valence-electron chi connectivity index (χ1n) is 8.22. The van der Waals surface area contributed by atoms with Crippen LogP contribution in [0.1, 0.15) is 23.5 Å². The van der Waals surface area contributed by atoms with Crippen LogP contribution in [0, 0.1) is 5.82 Å². The summed E-state index contributed by atoms with van der Waals surface area (Å²) in [5, 5.41) is 3.92. The van der Waals surface area contributed by atoms with Gasteiger partial charge in [-0.05, 0) is 36.8 Å².